The topological polar surface area (TPSA) is 75.7 Å². The molecule has 1 heterocycles. The van der Waals surface area contributed by atoms with Gasteiger partial charge in [0.05, 0.1) is 19.4 Å². The fourth-order valence-corrected chi connectivity index (χ4v) is 2.74. The molecule has 1 saturated heterocycles. The number of hydrogen-bond donors (Lipinski definition) is 1. The Labute approximate surface area is 122 Å². The molecule has 0 saturated carbocycles. The molecule has 0 aliphatic carbocycles. The van der Waals surface area contributed by atoms with E-state index in [1.807, 2.05) is 0 Å². The summed E-state index contributed by atoms with van der Waals surface area (Å²) in [7, 11) is -1.81. The first-order chi connectivity index (χ1) is 9.81. The third kappa shape index (κ3) is 3.70. The van der Waals surface area contributed by atoms with Gasteiger partial charge in [0.25, 0.3) is 0 Å². The number of sulfone groups is 1. The van der Waals surface area contributed by atoms with E-state index in [0.29, 0.717) is 5.56 Å². The molecule has 21 heavy (non-hydrogen) atoms. The number of benzene rings is 1. The van der Waals surface area contributed by atoms with Gasteiger partial charge in [-0.05, 0) is 17.7 Å². The normalized spacial score (nSPS) is 19.1. The van der Waals surface area contributed by atoms with Gasteiger partial charge in [-0.3, -0.25) is 10.1 Å². The van der Waals surface area contributed by atoms with E-state index in [4.69, 9.17) is 4.74 Å². The van der Waals surface area contributed by atoms with Crippen molar-refractivity contribution < 1.29 is 22.3 Å². The lowest BCUT2D eigenvalue weighted by molar-refractivity contribution is -0.127. The van der Waals surface area contributed by atoms with Crippen LogP contribution in [0, 0.1) is 5.82 Å². The first-order valence-electron chi connectivity index (χ1n) is 6.36. The molecule has 0 spiro atoms. The zero-order valence-corrected chi connectivity index (χ0v) is 12.6. The summed E-state index contributed by atoms with van der Waals surface area (Å²) >= 11 is 0. The summed E-state index contributed by atoms with van der Waals surface area (Å²) in [4.78, 5) is 13.2. The molecule has 1 unspecified atom stereocenters. The molecule has 2 rings (SSSR count). The molecule has 0 bridgehead atoms. The van der Waals surface area contributed by atoms with Gasteiger partial charge in [0.15, 0.2) is 11.6 Å². The van der Waals surface area contributed by atoms with Gasteiger partial charge in [0.2, 0.25) is 5.91 Å². The van der Waals surface area contributed by atoms with Gasteiger partial charge in [-0.25, -0.2) is 12.8 Å². The van der Waals surface area contributed by atoms with E-state index < -0.39 is 21.8 Å². The van der Waals surface area contributed by atoms with Crippen LogP contribution in [-0.2, 0) is 14.6 Å². The van der Waals surface area contributed by atoms with Crippen molar-refractivity contribution in [2.24, 2.45) is 0 Å². The second-order valence-electron chi connectivity index (χ2n) is 4.89. The molecule has 1 aliphatic rings. The van der Waals surface area contributed by atoms with Crippen LogP contribution in [0.5, 0.6) is 5.75 Å². The number of nitrogens with zero attached hydrogens (tertiary/aromatic N) is 1. The van der Waals surface area contributed by atoms with Gasteiger partial charge in [0.1, 0.15) is 16.0 Å². The lowest BCUT2D eigenvalue weighted by Gasteiger charge is -2.24. The summed E-state index contributed by atoms with van der Waals surface area (Å²) < 4.78 is 41.1. The zero-order valence-electron chi connectivity index (χ0n) is 11.8. The summed E-state index contributed by atoms with van der Waals surface area (Å²) in [6, 6.07) is 4.40. The molecule has 0 radical (unpaired) electrons. The summed E-state index contributed by atoms with van der Waals surface area (Å²) in [5, 5.41) is 2.95. The average molecular weight is 316 g/mol. The Hall–Kier alpha value is -1.67. The highest BCUT2D eigenvalue weighted by molar-refractivity contribution is 7.90. The van der Waals surface area contributed by atoms with Crippen molar-refractivity contribution in [1.82, 2.24) is 10.2 Å². The van der Waals surface area contributed by atoms with Gasteiger partial charge in [-0.1, -0.05) is 6.07 Å². The molecule has 8 heteroatoms. The Kier molecular flexibility index (Phi) is 4.48. The fourth-order valence-electron chi connectivity index (χ4n) is 2.21. The number of methoxy groups -OCH3 is 1. The van der Waals surface area contributed by atoms with Crippen molar-refractivity contribution in [1.29, 1.82) is 0 Å². The molecule has 1 fully saturated rings. The maximum absolute atomic E-state index is 13.8. The first-order valence-corrected chi connectivity index (χ1v) is 8.42. The van der Waals surface area contributed by atoms with Gasteiger partial charge < -0.3 is 9.64 Å². The number of amides is 1. The fraction of sp³-hybridized carbons (Fsp3) is 0.462. The van der Waals surface area contributed by atoms with Crippen LogP contribution in [-0.4, -0.2) is 51.4 Å². The monoisotopic (exact) mass is 316 g/mol. The highest BCUT2D eigenvalue weighted by Crippen LogP contribution is 2.26. The third-order valence-corrected chi connectivity index (χ3v) is 4.20. The van der Waals surface area contributed by atoms with Crippen LogP contribution in [0.4, 0.5) is 4.39 Å². The number of rotatable bonds is 5. The second-order valence-corrected chi connectivity index (χ2v) is 7.15. The van der Waals surface area contributed by atoms with Crippen molar-refractivity contribution in [2.75, 3.05) is 32.2 Å². The molecule has 0 aromatic heterocycles. The molecular formula is C13H17FN2O4S. The Morgan fingerprint density at radius 1 is 1.48 bits per heavy atom. The summed E-state index contributed by atoms with van der Waals surface area (Å²) in [6.45, 7) is 0.172. The Balaban J connectivity index is 2.21. The van der Waals surface area contributed by atoms with Crippen LogP contribution in [0.2, 0.25) is 0 Å². The van der Waals surface area contributed by atoms with Crippen LogP contribution >= 0.6 is 0 Å². The minimum absolute atomic E-state index is 0.0724. The Morgan fingerprint density at radius 3 is 2.76 bits per heavy atom. The van der Waals surface area contributed by atoms with E-state index in [2.05, 4.69) is 5.32 Å². The Morgan fingerprint density at radius 2 is 2.19 bits per heavy atom. The SMILES string of the molecule is COc1ccc(C2NCC(=O)N2CCS(C)(=O)=O)cc1F. The molecule has 1 amide bonds. The van der Waals surface area contributed by atoms with Crippen LogP contribution in [0.1, 0.15) is 11.7 Å². The lowest BCUT2D eigenvalue weighted by atomic mass is 10.1. The van der Waals surface area contributed by atoms with Crippen LogP contribution < -0.4 is 10.1 Å². The first kappa shape index (κ1) is 15.7. The summed E-state index contributed by atoms with van der Waals surface area (Å²) in [6.07, 6.45) is 0.586. The smallest absolute Gasteiger partial charge is 0.238 e. The Bertz CT molecular complexity index is 648. The predicted octanol–water partition coefficient (Wildman–Crippen LogP) is 0.309. The number of carbonyl (C=O) groups excluding carboxylic acids is 1. The van der Waals surface area contributed by atoms with Gasteiger partial charge >= 0.3 is 0 Å². The molecule has 1 aromatic carbocycles. The van der Waals surface area contributed by atoms with Crippen molar-refractivity contribution in [3.05, 3.63) is 29.6 Å². The van der Waals surface area contributed by atoms with Crippen LogP contribution in [0.25, 0.3) is 0 Å². The molecule has 1 aromatic rings. The number of ether oxygens (including phenoxy) is 1. The molecular weight excluding hydrogens is 299 g/mol. The molecule has 1 N–H and O–H groups in total. The number of carbonyl (C=O) groups is 1. The van der Waals surface area contributed by atoms with E-state index in [1.165, 1.54) is 24.1 Å². The van der Waals surface area contributed by atoms with E-state index in [-0.39, 0.29) is 30.5 Å². The summed E-state index contributed by atoms with van der Waals surface area (Å²) in [5.41, 5.74) is 0.549. The van der Waals surface area contributed by atoms with E-state index >= 15 is 0 Å². The van der Waals surface area contributed by atoms with E-state index in [1.54, 1.807) is 6.07 Å². The zero-order chi connectivity index (χ0) is 15.6. The quantitative estimate of drug-likeness (QED) is 0.846. The summed E-state index contributed by atoms with van der Waals surface area (Å²) in [5.74, 6) is -0.750. The number of hydrogen-bond acceptors (Lipinski definition) is 5. The van der Waals surface area contributed by atoms with E-state index in [9.17, 15) is 17.6 Å². The second kappa shape index (κ2) is 5.98. The van der Waals surface area contributed by atoms with E-state index in [0.717, 1.165) is 6.26 Å². The highest BCUT2D eigenvalue weighted by Gasteiger charge is 2.32. The molecule has 1 aliphatic heterocycles. The average Bonchev–Trinajstić information content (AvgIpc) is 2.76. The molecule has 1 atom stereocenters. The van der Waals surface area contributed by atoms with Crippen molar-refractivity contribution in [2.45, 2.75) is 6.17 Å². The van der Waals surface area contributed by atoms with Crippen LogP contribution in [0.15, 0.2) is 18.2 Å². The highest BCUT2D eigenvalue weighted by atomic mass is 32.2. The lowest BCUT2D eigenvalue weighted by Crippen LogP contribution is -2.34. The minimum atomic E-state index is -3.18. The van der Waals surface area contributed by atoms with Crippen molar-refractivity contribution in [3.8, 4) is 5.75 Å². The number of halogens is 1. The van der Waals surface area contributed by atoms with Gasteiger partial charge in [-0.15, -0.1) is 0 Å². The third-order valence-electron chi connectivity index (χ3n) is 3.27. The van der Waals surface area contributed by atoms with Crippen molar-refractivity contribution >= 4 is 15.7 Å². The predicted molar refractivity (Wildman–Crippen MR) is 75.1 cm³/mol. The number of nitrogens with one attached hydrogen (secondary N) is 1. The maximum atomic E-state index is 13.8. The van der Waals surface area contributed by atoms with Gasteiger partial charge in [-0.2, -0.15) is 0 Å². The largest absolute Gasteiger partial charge is 0.494 e. The molecule has 6 nitrogen and oxygen atoms in total. The standard InChI is InChI=1S/C13H17FN2O4S/c1-20-11-4-3-9(7-10(11)14)13-15-8-12(17)16(13)5-6-21(2,18)19/h3-4,7,13,15H,5-6,8H2,1-2H3. The minimum Gasteiger partial charge on any atom is -0.494 e. The molecule has 116 valence electrons. The van der Waals surface area contributed by atoms with Crippen molar-refractivity contribution in [3.63, 3.8) is 0 Å². The van der Waals surface area contributed by atoms with Gasteiger partial charge in [0, 0.05) is 12.8 Å². The maximum Gasteiger partial charge on any atom is 0.238 e. The van der Waals surface area contributed by atoms with Crippen LogP contribution in [0.3, 0.4) is 0 Å².